The van der Waals surface area contributed by atoms with E-state index in [1.807, 2.05) is 17.9 Å². The van der Waals surface area contributed by atoms with Gasteiger partial charge in [-0.05, 0) is 32.9 Å². The highest BCUT2D eigenvalue weighted by Crippen LogP contribution is 2.35. The second kappa shape index (κ2) is 9.23. The molecule has 0 saturated carbocycles. The minimum Gasteiger partial charge on any atom is -0.390 e. The number of aryl methyl sites for hydroxylation is 2. The van der Waals surface area contributed by atoms with Crippen LogP contribution in [0, 0.1) is 19.7 Å². The number of nitrogens with one attached hydrogen (secondary N) is 1. The van der Waals surface area contributed by atoms with Crippen LogP contribution in [0.1, 0.15) is 35.5 Å². The molecule has 1 aromatic carbocycles. The molecule has 8 nitrogen and oxygen atoms in total. The molecule has 0 radical (unpaired) electrons. The lowest BCUT2D eigenvalue weighted by Crippen LogP contribution is -2.40. The summed E-state index contributed by atoms with van der Waals surface area (Å²) in [6, 6.07) is 4.71. The van der Waals surface area contributed by atoms with Crippen LogP contribution in [-0.4, -0.2) is 59.9 Å². The molecule has 1 aliphatic heterocycles. The molecule has 0 bridgehead atoms. The van der Waals surface area contributed by atoms with Gasteiger partial charge in [0.1, 0.15) is 12.4 Å². The first-order valence-electron chi connectivity index (χ1n) is 11.1. The van der Waals surface area contributed by atoms with Gasteiger partial charge in [-0.3, -0.25) is 0 Å². The highest BCUT2D eigenvalue weighted by molar-refractivity contribution is 7.91. The monoisotopic (exact) mass is 509 g/mol. The van der Waals surface area contributed by atoms with E-state index in [2.05, 4.69) is 20.5 Å². The van der Waals surface area contributed by atoms with E-state index in [0.29, 0.717) is 35.4 Å². The van der Waals surface area contributed by atoms with Crippen LogP contribution < -0.4 is 10.2 Å². The predicted octanol–water partition coefficient (Wildman–Crippen LogP) is 3.27. The molecule has 2 N–H and O–H groups in total. The fourth-order valence-corrected chi connectivity index (χ4v) is 5.39. The molecule has 1 aliphatic rings. The number of rotatable bonds is 6. The van der Waals surface area contributed by atoms with Crippen molar-refractivity contribution < 1.29 is 26.7 Å². The van der Waals surface area contributed by atoms with E-state index in [1.165, 1.54) is 12.1 Å². The number of benzene rings is 1. The van der Waals surface area contributed by atoms with E-state index < -0.39 is 39.8 Å². The molecule has 0 aliphatic carbocycles. The molecular formula is C23H26F3N5O3S. The van der Waals surface area contributed by atoms with Crippen molar-refractivity contribution in [1.82, 2.24) is 15.2 Å². The Kier molecular flexibility index (Phi) is 6.62. The lowest BCUT2D eigenvalue weighted by atomic mass is 10.00. The van der Waals surface area contributed by atoms with Crippen LogP contribution in [0.4, 0.5) is 24.7 Å². The first-order chi connectivity index (χ1) is 16.4. The Labute approximate surface area is 201 Å². The summed E-state index contributed by atoms with van der Waals surface area (Å²) >= 11 is 0. The van der Waals surface area contributed by atoms with Crippen molar-refractivity contribution in [2.45, 2.75) is 32.7 Å². The molecule has 4 rings (SSSR count). The molecule has 1 fully saturated rings. The Morgan fingerprint density at radius 3 is 2.51 bits per heavy atom. The number of aliphatic hydroxyl groups is 1. The molecule has 3 heterocycles. The van der Waals surface area contributed by atoms with E-state index >= 15 is 0 Å². The third-order valence-corrected chi connectivity index (χ3v) is 7.82. The van der Waals surface area contributed by atoms with Gasteiger partial charge in [-0.15, -0.1) is 5.10 Å². The number of hydrogen-bond acceptors (Lipinski definition) is 8. The van der Waals surface area contributed by atoms with Gasteiger partial charge in [0.15, 0.2) is 15.7 Å². The van der Waals surface area contributed by atoms with Crippen molar-refractivity contribution in [2.24, 2.45) is 0 Å². The molecule has 0 amide bonds. The Hall–Kier alpha value is -2.99. The number of hydrogen-bond donors (Lipinski definition) is 2. The normalized spacial score (nSPS) is 16.9. The number of aromatic nitrogens is 3. The van der Waals surface area contributed by atoms with Crippen molar-refractivity contribution in [3.8, 4) is 0 Å². The largest absolute Gasteiger partial charge is 0.390 e. The van der Waals surface area contributed by atoms with E-state index in [-0.39, 0.29) is 22.9 Å². The lowest BCUT2D eigenvalue weighted by Gasteiger charge is -2.30. The van der Waals surface area contributed by atoms with Crippen LogP contribution in [0.5, 0.6) is 0 Å². The molecule has 35 heavy (non-hydrogen) atoms. The average molecular weight is 510 g/mol. The SMILES string of the molecule is Cc1nc2c(C)nnc(N[C@H](C)c3cccc(C(F)(F)CO)c3F)c2cc1N1CCS(=O)(=O)CC1. The van der Waals surface area contributed by atoms with Gasteiger partial charge in [-0.1, -0.05) is 12.1 Å². The van der Waals surface area contributed by atoms with E-state index in [9.17, 15) is 21.6 Å². The van der Waals surface area contributed by atoms with Gasteiger partial charge in [0.2, 0.25) is 0 Å². The Bertz CT molecular complexity index is 1370. The van der Waals surface area contributed by atoms with Crippen LogP contribution in [0.2, 0.25) is 0 Å². The van der Waals surface area contributed by atoms with Gasteiger partial charge in [-0.25, -0.2) is 17.8 Å². The van der Waals surface area contributed by atoms with Gasteiger partial charge in [0.05, 0.1) is 45.7 Å². The van der Waals surface area contributed by atoms with Crippen LogP contribution >= 0.6 is 0 Å². The smallest absolute Gasteiger partial charge is 0.298 e. The number of alkyl halides is 2. The number of pyridine rings is 1. The Morgan fingerprint density at radius 1 is 1.17 bits per heavy atom. The third kappa shape index (κ3) is 4.90. The summed E-state index contributed by atoms with van der Waals surface area (Å²) < 4.78 is 66.7. The number of nitrogens with zero attached hydrogens (tertiary/aromatic N) is 4. The van der Waals surface area contributed by atoms with Gasteiger partial charge >= 0.3 is 0 Å². The summed E-state index contributed by atoms with van der Waals surface area (Å²) in [5, 5.41) is 21.0. The standard InChI is InChI=1S/C23H26F3N5O3S/c1-13(16-5-4-6-18(20(16)24)23(25,26)12-32)28-22-17-11-19(31-7-9-35(33,34)10-8-31)14(2)27-21(17)15(3)29-30-22/h4-6,11,13,32H,7-10,12H2,1-3H3,(H,28,30)/t13-/m1/s1. The van der Waals surface area contributed by atoms with E-state index in [0.717, 1.165) is 11.8 Å². The fraction of sp³-hybridized carbons (Fsp3) is 0.435. The molecule has 1 atom stereocenters. The first kappa shape index (κ1) is 25.1. The van der Waals surface area contributed by atoms with Crippen LogP contribution in [0.3, 0.4) is 0 Å². The van der Waals surface area contributed by atoms with Gasteiger partial charge in [0.25, 0.3) is 5.92 Å². The summed E-state index contributed by atoms with van der Waals surface area (Å²) in [7, 11) is -3.06. The van der Waals surface area contributed by atoms with Gasteiger partial charge in [0, 0.05) is 24.0 Å². The molecule has 2 aromatic heterocycles. The van der Waals surface area contributed by atoms with Crippen molar-refractivity contribution in [1.29, 1.82) is 0 Å². The number of fused-ring (bicyclic) bond motifs is 1. The van der Waals surface area contributed by atoms with Crippen molar-refractivity contribution in [3.63, 3.8) is 0 Å². The maximum absolute atomic E-state index is 15.0. The highest BCUT2D eigenvalue weighted by Gasteiger charge is 2.35. The second-order valence-electron chi connectivity index (χ2n) is 8.70. The van der Waals surface area contributed by atoms with E-state index in [4.69, 9.17) is 5.11 Å². The summed E-state index contributed by atoms with van der Waals surface area (Å²) in [5.41, 5.74) is 1.70. The molecule has 12 heteroatoms. The quantitative estimate of drug-likeness (QED) is 0.521. The maximum Gasteiger partial charge on any atom is 0.298 e. The molecule has 0 unspecified atom stereocenters. The van der Waals surface area contributed by atoms with Gasteiger partial charge in [-0.2, -0.15) is 13.9 Å². The van der Waals surface area contributed by atoms with Gasteiger partial charge < -0.3 is 15.3 Å². The van der Waals surface area contributed by atoms with Crippen LogP contribution in [0.25, 0.3) is 10.9 Å². The zero-order valence-electron chi connectivity index (χ0n) is 19.5. The zero-order valence-corrected chi connectivity index (χ0v) is 20.3. The third-order valence-electron chi connectivity index (χ3n) is 6.21. The van der Waals surface area contributed by atoms with Crippen molar-refractivity contribution in [2.75, 3.05) is 41.4 Å². The first-order valence-corrected chi connectivity index (χ1v) is 12.9. The van der Waals surface area contributed by atoms with E-state index in [1.54, 1.807) is 13.8 Å². The lowest BCUT2D eigenvalue weighted by molar-refractivity contribution is -0.0583. The molecule has 0 spiro atoms. The number of anilines is 2. The summed E-state index contributed by atoms with van der Waals surface area (Å²) in [6.07, 6.45) is 0. The Morgan fingerprint density at radius 2 is 1.86 bits per heavy atom. The summed E-state index contributed by atoms with van der Waals surface area (Å²) in [6.45, 7) is 4.35. The highest BCUT2D eigenvalue weighted by atomic mass is 32.2. The molecular weight excluding hydrogens is 483 g/mol. The van der Waals surface area contributed by atoms with Crippen molar-refractivity contribution in [3.05, 3.63) is 52.6 Å². The minimum absolute atomic E-state index is 0.0207. The molecule has 1 saturated heterocycles. The topological polar surface area (TPSA) is 108 Å². The summed E-state index contributed by atoms with van der Waals surface area (Å²) in [5.74, 6) is -4.44. The predicted molar refractivity (Wildman–Crippen MR) is 127 cm³/mol. The number of sulfone groups is 1. The maximum atomic E-state index is 15.0. The fourth-order valence-electron chi connectivity index (χ4n) is 4.19. The Balaban J connectivity index is 1.72. The molecule has 3 aromatic rings. The minimum atomic E-state index is -3.71. The molecule has 188 valence electrons. The average Bonchev–Trinajstić information content (AvgIpc) is 2.81. The summed E-state index contributed by atoms with van der Waals surface area (Å²) in [4.78, 5) is 6.62. The second-order valence-corrected chi connectivity index (χ2v) is 11.0. The van der Waals surface area contributed by atoms with Crippen LogP contribution in [-0.2, 0) is 15.8 Å². The van der Waals surface area contributed by atoms with Crippen LogP contribution in [0.15, 0.2) is 24.3 Å². The number of halogens is 3. The number of aliphatic hydroxyl groups excluding tert-OH is 1. The zero-order chi connectivity index (χ0) is 25.5. The van der Waals surface area contributed by atoms with Crippen molar-refractivity contribution >= 4 is 32.2 Å².